The number of carbonyl (C=O) groups excluding carboxylic acids is 1. The highest BCUT2D eigenvalue weighted by Gasteiger charge is 2.18. The second-order valence-electron chi connectivity index (χ2n) is 7.92. The van der Waals surface area contributed by atoms with Gasteiger partial charge in [-0.05, 0) is 49.7 Å². The van der Waals surface area contributed by atoms with Gasteiger partial charge in [-0.1, -0.05) is 12.1 Å². The molecule has 4 rings (SSSR count). The topological polar surface area (TPSA) is 101 Å². The molecule has 0 aliphatic rings. The molecule has 2 aromatic heterocycles. The van der Waals surface area contributed by atoms with Gasteiger partial charge >= 0.3 is 6.03 Å². The maximum absolute atomic E-state index is 14.5. The fraction of sp³-hybridized carbons (Fsp3) is 0.167. The SMILES string of the molecule is CNc1ncc2cc(-c3ccc(F)c(NC(=O)Nc4cccc(F)c4F)c3)c(=O)n(C(C)C)c2n1. The summed E-state index contributed by atoms with van der Waals surface area (Å²) >= 11 is 0. The van der Waals surface area contributed by atoms with Crippen molar-refractivity contribution in [1.29, 1.82) is 0 Å². The number of amides is 2. The summed E-state index contributed by atoms with van der Waals surface area (Å²) in [5.74, 6) is -2.81. The van der Waals surface area contributed by atoms with E-state index < -0.39 is 29.2 Å². The number of nitrogens with one attached hydrogen (secondary N) is 3. The maximum Gasteiger partial charge on any atom is 0.323 e. The number of nitrogens with zero attached hydrogens (tertiary/aromatic N) is 3. The van der Waals surface area contributed by atoms with Crippen LogP contribution in [0.3, 0.4) is 0 Å². The van der Waals surface area contributed by atoms with E-state index in [1.807, 2.05) is 13.8 Å². The Hall–Kier alpha value is -4.41. The van der Waals surface area contributed by atoms with Crippen molar-refractivity contribution in [3.63, 3.8) is 0 Å². The van der Waals surface area contributed by atoms with Gasteiger partial charge in [-0.2, -0.15) is 4.98 Å². The lowest BCUT2D eigenvalue weighted by atomic mass is 10.0. The van der Waals surface area contributed by atoms with Crippen molar-refractivity contribution < 1.29 is 18.0 Å². The van der Waals surface area contributed by atoms with Crippen LogP contribution >= 0.6 is 0 Å². The number of hydrogen-bond donors (Lipinski definition) is 3. The fourth-order valence-corrected chi connectivity index (χ4v) is 3.59. The minimum atomic E-state index is -1.24. The molecule has 180 valence electrons. The molecule has 4 aromatic rings. The molecule has 2 aromatic carbocycles. The van der Waals surface area contributed by atoms with Crippen molar-refractivity contribution in [3.05, 3.63) is 76.5 Å². The number of hydrogen-bond acceptors (Lipinski definition) is 5. The highest BCUT2D eigenvalue weighted by molar-refractivity contribution is 6.00. The van der Waals surface area contributed by atoms with E-state index in [1.54, 1.807) is 19.3 Å². The van der Waals surface area contributed by atoms with Gasteiger partial charge in [0.25, 0.3) is 5.56 Å². The van der Waals surface area contributed by atoms with Crippen LogP contribution < -0.4 is 21.5 Å². The summed E-state index contributed by atoms with van der Waals surface area (Å²) in [4.78, 5) is 34.3. The number of benzene rings is 2. The van der Waals surface area contributed by atoms with Crippen molar-refractivity contribution in [3.8, 4) is 11.1 Å². The van der Waals surface area contributed by atoms with Crippen LogP contribution in [-0.4, -0.2) is 27.6 Å². The number of anilines is 3. The quantitative estimate of drug-likeness (QED) is 0.366. The Morgan fingerprint density at radius 2 is 1.74 bits per heavy atom. The Morgan fingerprint density at radius 3 is 2.46 bits per heavy atom. The molecular weight excluding hydrogens is 461 g/mol. The highest BCUT2D eigenvalue weighted by Crippen LogP contribution is 2.27. The van der Waals surface area contributed by atoms with Gasteiger partial charge in [0, 0.05) is 30.2 Å². The van der Waals surface area contributed by atoms with E-state index in [1.165, 1.54) is 22.8 Å². The normalized spacial score (nSPS) is 11.1. The second-order valence-corrected chi connectivity index (χ2v) is 7.92. The minimum Gasteiger partial charge on any atom is -0.357 e. The zero-order valence-corrected chi connectivity index (χ0v) is 19.0. The third kappa shape index (κ3) is 4.65. The van der Waals surface area contributed by atoms with Gasteiger partial charge in [0.1, 0.15) is 11.5 Å². The third-order valence-electron chi connectivity index (χ3n) is 5.24. The van der Waals surface area contributed by atoms with E-state index in [4.69, 9.17) is 0 Å². The standard InChI is InChI=1S/C24H21F3N6O2/c1-12(2)33-21-14(11-29-23(28-3)32-21)9-15(22(33)34)13-7-8-16(25)19(10-13)31-24(35)30-18-6-4-5-17(26)20(18)27/h4-12H,1-3H3,(H,28,29,32)(H2,30,31,35). The predicted molar refractivity (Wildman–Crippen MR) is 128 cm³/mol. The molecule has 35 heavy (non-hydrogen) atoms. The van der Waals surface area contributed by atoms with Crippen molar-refractivity contribution in [2.45, 2.75) is 19.9 Å². The molecule has 0 aliphatic heterocycles. The first-order valence-corrected chi connectivity index (χ1v) is 10.6. The summed E-state index contributed by atoms with van der Waals surface area (Å²) in [6.07, 6.45) is 1.57. The molecule has 0 fully saturated rings. The van der Waals surface area contributed by atoms with E-state index in [9.17, 15) is 22.8 Å². The number of halogens is 3. The summed E-state index contributed by atoms with van der Waals surface area (Å²) < 4.78 is 43.2. The van der Waals surface area contributed by atoms with Gasteiger partial charge in [0.2, 0.25) is 5.95 Å². The molecular formula is C24H21F3N6O2. The number of fused-ring (bicyclic) bond motifs is 1. The van der Waals surface area contributed by atoms with Crippen LogP contribution in [0.1, 0.15) is 19.9 Å². The Bertz CT molecular complexity index is 1500. The molecule has 3 N–H and O–H groups in total. The van der Waals surface area contributed by atoms with Crippen LogP contribution in [0.5, 0.6) is 0 Å². The first kappa shape index (κ1) is 23.7. The van der Waals surface area contributed by atoms with Crippen molar-refractivity contribution in [2.24, 2.45) is 0 Å². The molecule has 2 heterocycles. The van der Waals surface area contributed by atoms with Gasteiger partial charge in [0.05, 0.1) is 11.4 Å². The van der Waals surface area contributed by atoms with Crippen LogP contribution in [0.25, 0.3) is 22.2 Å². The lowest BCUT2D eigenvalue weighted by molar-refractivity contribution is 0.262. The van der Waals surface area contributed by atoms with Crippen LogP contribution in [0.15, 0.2) is 53.5 Å². The third-order valence-corrected chi connectivity index (χ3v) is 5.24. The zero-order valence-electron chi connectivity index (χ0n) is 19.0. The number of urea groups is 1. The predicted octanol–water partition coefficient (Wildman–Crippen LogP) is 5.14. The van der Waals surface area contributed by atoms with E-state index in [2.05, 4.69) is 25.9 Å². The van der Waals surface area contributed by atoms with E-state index in [0.717, 1.165) is 18.2 Å². The Balaban J connectivity index is 1.73. The van der Waals surface area contributed by atoms with Crippen LogP contribution in [-0.2, 0) is 0 Å². The molecule has 0 aliphatic carbocycles. The number of aromatic nitrogens is 3. The largest absolute Gasteiger partial charge is 0.357 e. The van der Waals surface area contributed by atoms with Gasteiger partial charge in [-0.3, -0.25) is 9.36 Å². The molecule has 0 bridgehead atoms. The molecule has 2 amide bonds. The minimum absolute atomic E-state index is 0.241. The molecule has 0 unspecified atom stereocenters. The summed E-state index contributed by atoms with van der Waals surface area (Å²) in [6.45, 7) is 3.67. The molecule has 0 radical (unpaired) electrons. The molecule has 11 heteroatoms. The van der Waals surface area contributed by atoms with E-state index in [-0.39, 0.29) is 22.9 Å². The monoisotopic (exact) mass is 482 g/mol. The van der Waals surface area contributed by atoms with Crippen LogP contribution in [0, 0.1) is 17.5 Å². The lowest BCUT2D eigenvalue weighted by Gasteiger charge is -2.16. The lowest BCUT2D eigenvalue weighted by Crippen LogP contribution is -2.25. The molecule has 0 saturated heterocycles. The summed E-state index contributed by atoms with van der Waals surface area (Å²) in [7, 11) is 1.67. The Labute approximate surface area is 197 Å². The maximum atomic E-state index is 14.5. The molecule has 0 atom stereocenters. The zero-order chi connectivity index (χ0) is 25.3. The first-order valence-electron chi connectivity index (χ1n) is 10.6. The highest BCUT2D eigenvalue weighted by atomic mass is 19.2. The molecule has 0 saturated carbocycles. The molecule has 8 nitrogen and oxygen atoms in total. The average molecular weight is 482 g/mol. The molecule has 0 spiro atoms. The van der Waals surface area contributed by atoms with Crippen molar-refractivity contribution >= 4 is 34.4 Å². The summed E-state index contributed by atoms with van der Waals surface area (Å²) in [6, 6.07) is 7.43. The summed E-state index contributed by atoms with van der Waals surface area (Å²) in [5, 5.41) is 7.83. The van der Waals surface area contributed by atoms with Crippen LogP contribution in [0.2, 0.25) is 0 Å². The smallest absolute Gasteiger partial charge is 0.323 e. The van der Waals surface area contributed by atoms with E-state index >= 15 is 0 Å². The number of carbonyl (C=O) groups is 1. The summed E-state index contributed by atoms with van der Waals surface area (Å²) in [5.41, 5.74) is -0.0186. The van der Waals surface area contributed by atoms with Gasteiger partial charge in [-0.15, -0.1) is 0 Å². The van der Waals surface area contributed by atoms with Gasteiger partial charge < -0.3 is 16.0 Å². The van der Waals surface area contributed by atoms with Crippen molar-refractivity contribution in [2.75, 3.05) is 23.0 Å². The number of rotatable bonds is 5. The Kier molecular flexibility index (Phi) is 6.41. The Morgan fingerprint density at radius 1 is 1.00 bits per heavy atom. The van der Waals surface area contributed by atoms with Gasteiger partial charge in [-0.25, -0.2) is 22.9 Å². The second kappa shape index (κ2) is 9.45. The number of pyridine rings is 1. The van der Waals surface area contributed by atoms with Gasteiger partial charge in [0.15, 0.2) is 11.6 Å². The fourth-order valence-electron chi connectivity index (χ4n) is 3.59. The van der Waals surface area contributed by atoms with E-state index in [0.29, 0.717) is 22.5 Å². The first-order chi connectivity index (χ1) is 16.7. The van der Waals surface area contributed by atoms with Crippen LogP contribution in [0.4, 0.5) is 35.3 Å². The van der Waals surface area contributed by atoms with Crippen molar-refractivity contribution in [1.82, 2.24) is 14.5 Å². The average Bonchev–Trinajstić information content (AvgIpc) is 2.82.